The molecule has 6 rings (SSSR count). The lowest BCUT2D eigenvalue weighted by Crippen LogP contribution is -2.40. The van der Waals surface area contributed by atoms with E-state index in [1.807, 2.05) is 18.2 Å². The van der Waals surface area contributed by atoms with Crippen LogP contribution in [0.1, 0.15) is 31.8 Å². The van der Waals surface area contributed by atoms with E-state index in [1.165, 1.54) is 10.6 Å². The van der Waals surface area contributed by atoms with Crippen molar-refractivity contribution in [3.05, 3.63) is 105 Å². The number of hydrogen-bond acceptors (Lipinski definition) is 6. The average Bonchev–Trinajstić information content (AvgIpc) is 3.45. The number of fused-ring (bicyclic) bond motifs is 1. The third kappa shape index (κ3) is 5.16. The molecule has 2 amide bonds. The molecule has 2 aliphatic heterocycles. The molecule has 0 unspecified atom stereocenters. The monoisotopic (exact) mass is 567 g/mol. The molecule has 0 saturated carbocycles. The smallest absolute Gasteiger partial charge is 0.293 e. The van der Waals surface area contributed by atoms with Gasteiger partial charge in [-0.2, -0.15) is 0 Å². The van der Waals surface area contributed by atoms with Gasteiger partial charge in [-0.05, 0) is 66.9 Å². The molecule has 2 aliphatic rings. The third-order valence-electron chi connectivity index (χ3n) is 7.73. The molecule has 9 nitrogen and oxygen atoms in total. The normalized spacial score (nSPS) is 14.5. The molecule has 0 spiro atoms. The number of benzene rings is 3. The number of carbonyl (C=O) groups excluding carboxylic acids is 2. The van der Waals surface area contributed by atoms with Crippen molar-refractivity contribution in [2.75, 3.05) is 43.1 Å². The van der Waals surface area contributed by atoms with E-state index >= 15 is 0 Å². The van der Waals surface area contributed by atoms with E-state index in [0.717, 1.165) is 16.8 Å². The number of aromatic nitrogens is 2. The van der Waals surface area contributed by atoms with Crippen molar-refractivity contribution >= 4 is 29.0 Å². The number of nitrogens with one attached hydrogen (secondary N) is 1. The quantitative estimate of drug-likeness (QED) is 0.386. The van der Waals surface area contributed by atoms with Crippen molar-refractivity contribution in [2.24, 2.45) is 7.05 Å². The number of hydrogen-bond donors (Lipinski definition) is 1. The molecule has 0 bridgehead atoms. The SMILES string of the molecule is Cc1ccc(C(=O)N2CCc3c(-c4cn(C)c(=O)c(Nc5ccc(C(=O)N6CCOCC6)cc5)n4)cccc32)cc1F. The van der Waals surface area contributed by atoms with Gasteiger partial charge in [0.25, 0.3) is 17.4 Å². The zero-order valence-electron chi connectivity index (χ0n) is 23.4. The van der Waals surface area contributed by atoms with Gasteiger partial charge in [-0.3, -0.25) is 14.4 Å². The topological polar surface area (TPSA) is 96.8 Å². The second kappa shape index (κ2) is 11.2. The fourth-order valence-corrected chi connectivity index (χ4v) is 5.37. The zero-order chi connectivity index (χ0) is 29.4. The predicted octanol–water partition coefficient (Wildman–Crippen LogP) is 4.31. The molecule has 214 valence electrons. The van der Waals surface area contributed by atoms with Crippen molar-refractivity contribution in [1.82, 2.24) is 14.5 Å². The van der Waals surface area contributed by atoms with Gasteiger partial charge >= 0.3 is 0 Å². The van der Waals surface area contributed by atoms with E-state index in [1.54, 1.807) is 66.4 Å². The van der Waals surface area contributed by atoms with E-state index in [-0.39, 0.29) is 23.2 Å². The summed E-state index contributed by atoms with van der Waals surface area (Å²) in [6, 6.07) is 17.1. The number of anilines is 3. The summed E-state index contributed by atoms with van der Waals surface area (Å²) >= 11 is 0. The van der Waals surface area contributed by atoms with Gasteiger partial charge < -0.3 is 24.4 Å². The Morgan fingerprint density at radius 1 is 0.952 bits per heavy atom. The van der Waals surface area contributed by atoms with Crippen LogP contribution in [0, 0.1) is 12.7 Å². The standard InChI is InChI=1S/C32H30FN5O4/c1-20-6-7-22(18-26(20)33)31(40)38-13-12-25-24(4-3-5-28(25)38)27-19-36(2)32(41)29(35-27)34-23-10-8-21(9-11-23)30(39)37-14-16-42-17-15-37/h3-11,18-19H,12-17H2,1-2H3,(H,34,35). The fourth-order valence-electron chi connectivity index (χ4n) is 5.37. The molecule has 1 fully saturated rings. The number of amides is 2. The Kier molecular flexibility index (Phi) is 7.30. The first-order valence-electron chi connectivity index (χ1n) is 13.8. The van der Waals surface area contributed by atoms with E-state index < -0.39 is 5.82 Å². The van der Waals surface area contributed by atoms with Crippen LogP contribution >= 0.6 is 0 Å². The van der Waals surface area contributed by atoms with E-state index in [9.17, 15) is 18.8 Å². The lowest BCUT2D eigenvalue weighted by molar-refractivity contribution is 0.0303. The van der Waals surface area contributed by atoms with Crippen molar-refractivity contribution in [1.29, 1.82) is 0 Å². The Labute approximate surface area is 242 Å². The molecule has 1 aromatic heterocycles. The Morgan fingerprint density at radius 3 is 2.43 bits per heavy atom. The third-order valence-corrected chi connectivity index (χ3v) is 7.73. The summed E-state index contributed by atoms with van der Waals surface area (Å²) in [5, 5.41) is 3.11. The van der Waals surface area contributed by atoms with Crippen LogP contribution in [0.3, 0.4) is 0 Å². The number of ether oxygens (including phenoxy) is 1. The highest BCUT2D eigenvalue weighted by molar-refractivity contribution is 6.08. The molecule has 4 aromatic rings. The first-order chi connectivity index (χ1) is 20.3. The molecule has 1 N–H and O–H groups in total. The number of rotatable bonds is 5. The summed E-state index contributed by atoms with van der Waals surface area (Å²) in [7, 11) is 1.66. The largest absolute Gasteiger partial charge is 0.378 e. The molecule has 10 heteroatoms. The second-order valence-corrected chi connectivity index (χ2v) is 10.5. The van der Waals surface area contributed by atoms with Crippen LogP contribution in [0.25, 0.3) is 11.3 Å². The minimum absolute atomic E-state index is 0.0566. The lowest BCUT2D eigenvalue weighted by atomic mass is 10.0. The highest BCUT2D eigenvalue weighted by Crippen LogP contribution is 2.36. The van der Waals surface area contributed by atoms with Gasteiger partial charge in [-0.15, -0.1) is 0 Å². The molecule has 3 aromatic carbocycles. The van der Waals surface area contributed by atoms with Crippen LogP contribution in [-0.2, 0) is 18.2 Å². The van der Waals surface area contributed by atoms with Crippen LogP contribution in [0.5, 0.6) is 0 Å². The Morgan fingerprint density at radius 2 is 1.69 bits per heavy atom. The van der Waals surface area contributed by atoms with Crippen molar-refractivity contribution < 1.29 is 18.7 Å². The number of aryl methyl sites for hydroxylation is 2. The van der Waals surface area contributed by atoms with Gasteiger partial charge in [-0.1, -0.05) is 18.2 Å². The van der Waals surface area contributed by atoms with E-state index in [2.05, 4.69) is 10.3 Å². The lowest BCUT2D eigenvalue weighted by Gasteiger charge is -2.26. The molecule has 0 atom stereocenters. The highest BCUT2D eigenvalue weighted by atomic mass is 19.1. The van der Waals surface area contributed by atoms with E-state index in [4.69, 9.17) is 4.74 Å². The Bertz CT molecular complexity index is 1750. The minimum atomic E-state index is -0.415. The Balaban J connectivity index is 1.26. The Hall–Kier alpha value is -4.83. The zero-order valence-corrected chi connectivity index (χ0v) is 23.4. The molecule has 0 radical (unpaired) electrons. The summed E-state index contributed by atoms with van der Waals surface area (Å²) in [6.45, 7) is 4.29. The summed E-state index contributed by atoms with van der Waals surface area (Å²) in [6.07, 6.45) is 2.27. The number of carbonyl (C=O) groups is 2. The fraction of sp³-hybridized carbons (Fsp3) is 0.250. The summed E-state index contributed by atoms with van der Waals surface area (Å²) in [4.78, 5) is 47.2. The summed E-state index contributed by atoms with van der Waals surface area (Å²) in [5.74, 6) is -0.599. The van der Waals surface area contributed by atoms with E-state index in [0.29, 0.717) is 67.3 Å². The number of morpholine rings is 1. The maximum atomic E-state index is 14.2. The summed E-state index contributed by atoms with van der Waals surface area (Å²) < 4.78 is 21.0. The maximum absolute atomic E-state index is 14.2. The van der Waals surface area contributed by atoms with Crippen molar-refractivity contribution in [3.8, 4) is 11.3 Å². The van der Waals surface area contributed by atoms with Crippen molar-refractivity contribution in [2.45, 2.75) is 13.3 Å². The molecular formula is C32H30FN5O4. The minimum Gasteiger partial charge on any atom is -0.378 e. The van der Waals surface area contributed by atoms with Crippen LogP contribution < -0.4 is 15.8 Å². The molecule has 3 heterocycles. The second-order valence-electron chi connectivity index (χ2n) is 10.5. The number of nitrogens with zero attached hydrogens (tertiary/aromatic N) is 4. The molecule has 1 saturated heterocycles. The van der Waals surface area contributed by atoms with Crippen LogP contribution in [0.15, 0.2) is 71.7 Å². The molecule has 0 aliphatic carbocycles. The number of halogens is 1. The van der Waals surface area contributed by atoms with Crippen LogP contribution in [0.4, 0.5) is 21.6 Å². The summed E-state index contributed by atoms with van der Waals surface area (Å²) in [5.41, 5.74) is 4.71. The van der Waals surface area contributed by atoms with Gasteiger partial charge in [0.05, 0.1) is 18.9 Å². The molecule has 42 heavy (non-hydrogen) atoms. The van der Waals surface area contributed by atoms with Gasteiger partial charge in [0.2, 0.25) is 0 Å². The van der Waals surface area contributed by atoms with Gasteiger partial charge in [0.1, 0.15) is 5.82 Å². The highest BCUT2D eigenvalue weighted by Gasteiger charge is 2.28. The first kappa shape index (κ1) is 27.3. The van der Waals surface area contributed by atoms with Gasteiger partial charge in [-0.25, -0.2) is 9.37 Å². The van der Waals surface area contributed by atoms with Crippen LogP contribution in [0.2, 0.25) is 0 Å². The van der Waals surface area contributed by atoms with Crippen molar-refractivity contribution in [3.63, 3.8) is 0 Å². The maximum Gasteiger partial charge on any atom is 0.293 e. The van der Waals surface area contributed by atoms with Crippen LogP contribution in [-0.4, -0.2) is 59.1 Å². The van der Waals surface area contributed by atoms with Gasteiger partial charge in [0.15, 0.2) is 5.82 Å². The molecular weight excluding hydrogens is 537 g/mol. The average molecular weight is 568 g/mol. The van der Waals surface area contributed by atoms with Gasteiger partial charge in [0, 0.05) is 60.9 Å². The predicted molar refractivity (Wildman–Crippen MR) is 158 cm³/mol. The first-order valence-corrected chi connectivity index (χ1v) is 13.8.